The van der Waals surface area contributed by atoms with E-state index < -0.39 is 26.5 Å². The van der Waals surface area contributed by atoms with Gasteiger partial charge < -0.3 is 27.9 Å². The van der Waals surface area contributed by atoms with Crippen molar-refractivity contribution in [2.45, 2.75) is 251 Å². The van der Waals surface area contributed by atoms with Gasteiger partial charge in [0.15, 0.2) is 6.10 Å². The highest BCUT2D eigenvalue weighted by Crippen LogP contribution is 2.38. The molecule has 0 aromatic carbocycles. The average molecular weight is 924 g/mol. The van der Waals surface area contributed by atoms with E-state index in [1.165, 1.54) is 161 Å². The molecule has 0 spiro atoms. The van der Waals surface area contributed by atoms with Gasteiger partial charge in [-0.25, -0.2) is 0 Å². The van der Waals surface area contributed by atoms with E-state index in [1.54, 1.807) is 0 Å². The molecule has 0 aliphatic heterocycles. The normalized spacial score (nSPS) is 13.7. The van der Waals surface area contributed by atoms with Crippen molar-refractivity contribution in [1.29, 1.82) is 0 Å². The van der Waals surface area contributed by atoms with Gasteiger partial charge in [-0.15, -0.1) is 0 Å². The summed E-state index contributed by atoms with van der Waals surface area (Å²) in [7, 11) is 1.17. The largest absolute Gasteiger partial charge is 0.756 e. The summed E-state index contributed by atoms with van der Waals surface area (Å²) < 4.78 is 34.1. The molecule has 376 valence electrons. The fourth-order valence-corrected chi connectivity index (χ4v) is 8.17. The van der Waals surface area contributed by atoms with Crippen LogP contribution in [-0.2, 0) is 32.7 Å². The summed E-state index contributed by atoms with van der Waals surface area (Å²) in [5.41, 5.74) is 0. The Hall–Kier alpha value is -1.77. The number of phosphoric ester groups is 1. The Bertz CT molecular complexity index is 1180. The van der Waals surface area contributed by atoms with Crippen molar-refractivity contribution >= 4 is 19.8 Å². The van der Waals surface area contributed by atoms with Crippen LogP contribution in [0.1, 0.15) is 245 Å². The molecule has 0 rings (SSSR count). The zero-order valence-corrected chi connectivity index (χ0v) is 43.4. The molecule has 0 aliphatic carbocycles. The number of hydrogen-bond donors (Lipinski definition) is 0. The number of likely N-dealkylation sites (N-methyl/N-ethyl adjacent to an activating group) is 1. The third kappa shape index (κ3) is 49.7. The maximum absolute atomic E-state index is 12.8. The number of nitrogens with zero attached hydrogens (tertiary/aromatic N) is 1. The predicted molar refractivity (Wildman–Crippen MR) is 268 cm³/mol. The summed E-state index contributed by atoms with van der Waals surface area (Å²) in [6.07, 6.45) is 54.6. The fraction of sp³-hybridized carbons (Fsp3) is 0.852. The fourth-order valence-electron chi connectivity index (χ4n) is 7.45. The minimum absolute atomic E-state index is 0.0312. The van der Waals surface area contributed by atoms with Crippen LogP contribution in [0.5, 0.6) is 0 Å². The second-order valence-electron chi connectivity index (χ2n) is 19.2. The number of esters is 2. The predicted octanol–water partition coefficient (Wildman–Crippen LogP) is 15.4. The van der Waals surface area contributed by atoms with E-state index in [1.807, 2.05) is 21.1 Å². The molecular formula is C54H102NO8P. The maximum Gasteiger partial charge on any atom is 0.306 e. The van der Waals surface area contributed by atoms with E-state index in [0.29, 0.717) is 17.4 Å². The lowest BCUT2D eigenvalue weighted by atomic mass is 10.0. The van der Waals surface area contributed by atoms with Crippen molar-refractivity contribution < 1.29 is 42.1 Å². The smallest absolute Gasteiger partial charge is 0.306 e. The molecule has 0 radical (unpaired) electrons. The molecule has 2 atom stereocenters. The molecule has 0 saturated heterocycles. The van der Waals surface area contributed by atoms with Gasteiger partial charge in [-0.2, -0.15) is 0 Å². The number of carbonyl (C=O) groups is 2. The Kier molecular flexibility index (Phi) is 45.1. The van der Waals surface area contributed by atoms with Crippen molar-refractivity contribution in [2.75, 3.05) is 47.5 Å². The number of hydrogen-bond acceptors (Lipinski definition) is 8. The summed E-state index contributed by atoms with van der Waals surface area (Å²) in [4.78, 5) is 37.8. The third-order valence-electron chi connectivity index (χ3n) is 11.6. The minimum atomic E-state index is -4.63. The van der Waals surface area contributed by atoms with Crippen molar-refractivity contribution in [2.24, 2.45) is 0 Å². The first-order valence-electron chi connectivity index (χ1n) is 26.7. The Balaban J connectivity index is 4.21. The lowest BCUT2D eigenvalue weighted by molar-refractivity contribution is -0.870. The number of allylic oxidation sites excluding steroid dienone is 6. The van der Waals surface area contributed by atoms with Crippen LogP contribution < -0.4 is 4.89 Å². The molecule has 0 heterocycles. The zero-order valence-electron chi connectivity index (χ0n) is 42.5. The number of ether oxygens (including phenoxy) is 2. The molecule has 0 N–H and O–H groups in total. The van der Waals surface area contributed by atoms with Crippen molar-refractivity contribution in [1.82, 2.24) is 0 Å². The van der Waals surface area contributed by atoms with Crippen LogP contribution in [0.2, 0.25) is 0 Å². The zero-order chi connectivity index (χ0) is 47.1. The topological polar surface area (TPSA) is 111 Å². The van der Waals surface area contributed by atoms with Gasteiger partial charge in [0.25, 0.3) is 7.82 Å². The molecule has 9 nitrogen and oxygen atoms in total. The second kappa shape index (κ2) is 46.3. The summed E-state index contributed by atoms with van der Waals surface area (Å²) >= 11 is 0. The van der Waals surface area contributed by atoms with Crippen molar-refractivity contribution in [3.63, 3.8) is 0 Å². The van der Waals surface area contributed by atoms with Crippen LogP contribution in [-0.4, -0.2) is 70.0 Å². The summed E-state index contributed by atoms with van der Waals surface area (Å²) in [5.74, 6) is -0.831. The van der Waals surface area contributed by atoms with Gasteiger partial charge in [0, 0.05) is 12.8 Å². The molecule has 0 aromatic rings. The average Bonchev–Trinajstić information content (AvgIpc) is 3.25. The number of phosphoric acid groups is 1. The van der Waals surface area contributed by atoms with Gasteiger partial charge in [0.2, 0.25) is 0 Å². The van der Waals surface area contributed by atoms with Crippen LogP contribution in [0.3, 0.4) is 0 Å². The highest BCUT2D eigenvalue weighted by molar-refractivity contribution is 7.45. The van der Waals surface area contributed by atoms with Crippen LogP contribution in [0, 0.1) is 0 Å². The lowest BCUT2D eigenvalue weighted by Gasteiger charge is -2.28. The first kappa shape index (κ1) is 62.2. The van der Waals surface area contributed by atoms with Crippen molar-refractivity contribution in [3.8, 4) is 0 Å². The molecule has 10 heteroatoms. The Morgan fingerprint density at radius 3 is 1.28 bits per heavy atom. The van der Waals surface area contributed by atoms with E-state index >= 15 is 0 Å². The van der Waals surface area contributed by atoms with Gasteiger partial charge in [-0.3, -0.25) is 14.2 Å². The van der Waals surface area contributed by atoms with E-state index in [9.17, 15) is 19.0 Å². The number of quaternary nitrogens is 1. The molecule has 0 aromatic heterocycles. The molecule has 0 aliphatic rings. The Labute approximate surface area is 395 Å². The quantitative estimate of drug-likeness (QED) is 0.0195. The third-order valence-corrected chi connectivity index (χ3v) is 12.6. The Morgan fingerprint density at radius 2 is 0.844 bits per heavy atom. The number of carbonyl (C=O) groups excluding carboxylic acids is 2. The van der Waals surface area contributed by atoms with E-state index in [4.69, 9.17) is 18.5 Å². The van der Waals surface area contributed by atoms with Gasteiger partial charge in [-0.1, -0.05) is 198 Å². The van der Waals surface area contributed by atoms with Crippen LogP contribution in [0.15, 0.2) is 36.5 Å². The van der Waals surface area contributed by atoms with Crippen LogP contribution in [0.25, 0.3) is 0 Å². The highest BCUT2D eigenvalue weighted by atomic mass is 31.2. The molecule has 1 unspecified atom stereocenters. The molecule has 64 heavy (non-hydrogen) atoms. The van der Waals surface area contributed by atoms with E-state index in [-0.39, 0.29) is 32.0 Å². The molecule has 0 bridgehead atoms. The van der Waals surface area contributed by atoms with Crippen LogP contribution >= 0.6 is 7.82 Å². The summed E-state index contributed by atoms with van der Waals surface area (Å²) in [6.45, 7) is 4.23. The van der Waals surface area contributed by atoms with Gasteiger partial charge >= 0.3 is 11.9 Å². The van der Waals surface area contributed by atoms with Crippen molar-refractivity contribution in [3.05, 3.63) is 36.5 Å². The van der Waals surface area contributed by atoms with Gasteiger partial charge in [0.05, 0.1) is 27.7 Å². The SMILES string of the molecule is CCCCC/C=C\C/C=C\CCCCCCCCCCCC(=O)O[C@H](COC(=O)CCCCCCCCCCCCC/C=C\CCCCCCCC)COP(=O)([O-])OCC[N+](C)(C)C. The summed E-state index contributed by atoms with van der Waals surface area (Å²) in [5, 5.41) is 0. The maximum atomic E-state index is 12.8. The minimum Gasteiger partial charge on any atom is -0.756 e. The monoisotopic (exact) mass is 924 g/mol. The van der Waals surface area contributed by atoms with E-state index in [0.717, 1.165) is 51.4 Å². The van der Waals surface area contributed by atoms with Gasteiger partial charge in [-0.05, 0) is 70.6 Å². The Morgan fingerprint density at radius 1 is 0.484 bits per heavy atom. The molecular weight excluding hydrogens is 822 g/mol. The summed E-state index contributed by atoms with van der Waals surface area (Å²) in [6, 6.07) is 0. The van der Waals surface area contributed by atoms with Gasteiger partial charge in [0.1, 0.15) is 19.8 Å². The number of unbranched alkanes of at least 4 members (excludes halogenated alkanes) is 29. The first-order chi connectivity index (χ1) is 31.0. The second-order valence-corrected chi connectivity index (χ2v) is 20.6. The molecule has 0 saturated carbocycles. The standard InChI is InChI=1S/C54H102NO8P/c1-6-8-10-12-14-16-18-20-22-24-26-27-29-30-32-34-36-38-40-42-44-46-53(56)60-50-52(51-62-64(58,59)61-49-48-55(3,4)5)63-54(57)47-45-43-41-39-37-35-33-31-28-25-23-21-19-17-15-13-11-9-7-2/h15,17,20-23,52H,6-14,16,18-19,24-51H2,1-5H3/b17-15-,22-20-,23-21-/t52-/m1/s1. The number of rotatable bonds is 49. The first-order valence-corrected chi connectivity index (χ1v) is 28.2. The lowest BCUT2D eigenvalue weighted by Crippen LogP contribution is -2.37. The highest BCUT2D eigenvalue weighted by Gasteiger charge is 2.21. The van der Waals surface area contributed by atoms with Crippen LogP contribution in [0.4, 0.5) is 0 Å². The molecule has 0 amide bonds. The molecule has 0 fully saturated rings. The van der Waals surface area contributed by atoms with E-state index in [2.05, 4.69) is 50.3 Å².